The standard InChI is InChI=1S/C26H25ClN4O2S/c1-34(32,33)23-8-6-22(7-9-23)30-25-14-24-19(15-29-25)10-12-28-26(24)20-11-13-31(17-20)16-18-2-4-21(27)5-3-18/h2-10,12,14-15,20H,11,13,16-17H2,1H3,(H,29,30). The van der Waals surface area contributed by atoms with E-state index in [1.165, 1.54) is 11.8 Å². The molecule has 0 saturated carbocycles. The van der Waals surface area contributed by atoms with Crippen LogP contribution in [0.25, 0.3) is 10.8 Å². The van der Waals surface area contributed by atoms with Crippen LogP contribution < -0.4 is 5.32 Å². The number of pyridine rings is 2. The number of hydrogen-bond acceptors (Lipinski definition) is 6. The van der Waals surface area contributed by atoms with Gasteiger partial charge in [0.15, 0.2) is 9.84 Å². The lowest BCUT2D eigenvalue weighted by Gasteiger charge is -2.17. The summed E-state index contributed by atoms with van der Waals surface area (Å²) in [6, 6.07) is 18.7. The molecule has 1 saturated heterocycles. The number of anilines is 2. The molecule has 1 aliphatic heterocycles. The number of halogens is 1. The summed E-state index contributed by atoms with van der Waals surface area (Å²) in [7, 11) is -3.22. The molecule has 6 nitrogen and oxygen atoms in total. The summed E-state index contributed by atoms with van der Waals surface area (Å²) in [6.45, 7) is 2.87. The highest BCUT2D eigenvalue weighted by Gasteiger charge is 2.26. The van der Waals surface area contributed by atoms with Crippen LogP contribution in [0, 0.1) is 0 Å². The quantitative estimate of drug-likeness (QED) is 0.387. The lowest BCUT2D eigenvalue weighted by molar-refractivity contribution is 0.326. The van der Waals surface area contributed by atoms with Crippen LogP contribution in [-0.4, -0.2) is 42.6 Å². The van der Waals surface area contributed by atoms with Gasteiger partial charge in [-0.2, -0.15) is 0 Å². The second-order valence-corrected chi connectivity index (χ2v) is 11.2. The number of fused-ring (bicyclic) bond motifs is 1. The zero-order valence-electron chi connectivity index (χ0n) is 18.8. The van der Waals surface area contributed by atoms with Gasteiger partial charge >= 0.3 is 0 Å². The average Bonchev–Trinajstić information content (AvgIpc) is 3.28. The molecule has 2 aromatic carbocycles. The van der Waals surface area contributed by atoms with E-state index in [4.69, 9.17) is 16.6 Å². The molecule has 1 aliphatic rings. The second-order valence-electron chi connectivity index (χ2n) is 8.76. The number of likely N-dealkylation sites (tertiary alicyclic amines) is 1. The summed E-state index contributed by atoms with van der Waals surface area (Å²) in [5, 5.41) is 6.18. The number of sulfone groups is 1. The number of benzene rings is 2. The van der Waals surface area contributed by atoms with Gasteiger partial charge in [-0.3, -0.25) is 9.88 Å². The Balaban J connectivity index is 1.35. The Bertz CT molecular complexity index is 1420. The first kappa shape index (κ1) is 22.8. The van der Waals surface area contributed by atoms with E-state index in [9.17, 15) is 8.42 Å². The maximum Gasteiger partial charge on any atom is 0.175 e. The topological polar surface area (TPSA) is 75.2 Å². The van der Waals surface area contributed by atoms with Crippen molar-refractivity contribution in [2.45, 2.75) is 23.8 Å². The Morgan fingerprint density at radius 2 is 1.82 bits per heavy atom. The van der Waals surface area contributed by atoms with Crippen LogP contribution in [-0.2, 0) is 16.4 Å². The van der Waals surface area contributed by atoms with Crippen molar-refractivity contribution in [1.29, 1.82) is 0 Å². The Hall–Kier alpha value is -3.00. The van der Waals surface area contributed by atoms with Gasteiger partial charge in [-0.1, -0.05) is 23.7 Å². The molecule has 1 fully saturated rings. The minimum Gasteiger partial charge on any atom is -0.340 e. The molecular formula is C26H25ClN4O2S. The molecule has 1 atom stereocenters. The first-order valence-corrected chi connectivity index (χ1v) is 13.4. The number of nitrogens with one attached hydrogen (secondary N) is 1. The van der Waals surface area contributed by atoms with E-state index in [0.29, 0.717) is 16.6 Å². The summed E-state index contributed by atoms with van der Waals surface area (Å²) >= 11 is 6.02. The lowest BCUT2D eigenvalue weighted by Crippen LogP contribution is -2.20. The van der Waals surface area contributed by atoms with Gasteiger partial charge in [0.2, 0.25) is 0 Å². The molecule has 0 radical (unpaired) electrons. The van der Waals surface area contributed by atoms with Crippen LogP contribution in [0.3, 0.4) is 0 Å². The largest absolute Gasteiger partial charge is 0.340 e. The van der Waals surface area contributed by atoms with Crippen LogP contribution in [0.2, 0.25) is 5.02 Å². The molecule has 1 N–H and O–H groups in total. The van der Waals surface area contributed by atoms with Crippen molar-refractivity contribution < 1.29 is 8.42 Å². The summed E-state index contributed by atoms with van der Waals surface area (Å²) in [4.78, 5) is 12.1. The van der Waals surface area contributed by atoms with Gasteiger partial charge < -0.3 is 5.32 Å². The molecule has 3 heterocycles. The average molecular weight is 493 g/mol. The summed E-state index contributed by atoms with van der Waals surface area (Å²) < 4.78 is 23.4. The van der Waals surface area contributed by atoms with E-state index in [1.54, 1.807) is 24.3 Å². The van der Waals surface area contributed by atoms with E-state index in [1.807, 2.05) is 36.7 Å². The van der Waals surface area contributed by atoms with Crippen LogP contribution in [0.1, 0.15) is 23.6 Å². The number of hydrogen-bond donors (Lipinski definition) is 1. The molecule has 0 aliphatic carbocycles. The third-order valence-corrected chi connectivity index (χ3v) is 7.59. The second kappa shape index (κ2) is 9.33. The van der Waals surface area contributed by atoms with E-state index < -0.39 is 9.84 Å². The lowest BCUT2D eigenvalue weighted by atomic mass is 9.99. The fraction of sp³-hybridized carbons (Fsp3) is 0.231. The fourth-order valence-electron chi connectivity index (χ4n) is 4.46. The first-order valence-electron chi connectivity index (χ1n) is 11.1. The minimum atomic E-state index is -3.22. The van der Waals surface area contributed by atoms with Crippen LogP contribution in [0.4, 0.5) is 11.5 Å². The van der Waals surface area contributed by atoms with Gasteiger partial charge in [-0.15, -0.1) is 0 Å². The predicted octanol–water partition coefficient (Wildman–Crippen LogP) is 5.42. The molecule has 1 unspecified atom stereocenters. The van der Waals surface area contributed by atoms with Gasteiger partial charge in [0, 0.05) is 59.1 Å². The number of aromatic nitrogens is 2. The first-order chi connectivity index (χ1) is 16.3. The Morgan fingerprint density at radius 3 is 2.56 bits per heavy atom. The van der Waals surface area contributed by atoms with Crippen molar-refractivity contribution >= 4 is 43.7 Å². The Labute approximate surface area is 204 Å². The van der Waals surface area contributed by atoms with Crippen LogP contribution in [0.5, 0.6) is 0 Å². The molecule has 174 valence electrons. The van der Waals surface area contributed by atoms with Crippen molar-refractivity contribution in [2.24, 2.45) is 0 Å². The van der Waals surface area contributed by atoms with Crippen molar-refractivity contribution in [1.82, 2.24) is 14.9 Å². The predicted molar refractivity (Wildman–Crippen MR) is 136 cm³/mol. The molecular weight excluding hydrogens is 468 g/mol. The van der Waals surface area contributed by atoms with Gasteiger partial charge in [-0.25, -0.2) is 13.4 Å². The maximum absolute atomic E-state index is 11.7. The van der Waals surface area contributed by atoms with Gasteiger partial charge in [-0.05, 0) is 67.1 Å². The Morgan fingerprint density at radius 1 is 1.06 bits per heavy atom. The molecule has 5 rings (SSSR count). The normalized spacial score (nSPS) is 16.7. The van der Waals surface area contributed by atoms with Gasteiger partial charge in [0.25, 0.3) is 0 Å². The molecule has 0 amide bonds. The third kappa shape index (κ3) is 5.06. The SMILES string of the molecule is CS(=O)(=O)c1ccc(Nc2cc3c(C4CCN(Cc5ccc(Cl)cc5)C4)nccc3cn2)cc1. The van der Waals surface area contributed by atoms with Crippen LogP contribution in [0.15, 0.2) is 78.0 Å². The van der Waals surface area contributed by atoms with Gasteiger partial charge in [0.05, 0.1) is 10.6 Å². The van der Waals surface area contributed by atoms with Crippen molar-refractivity contribution in [2.75, 3.05) is 24.7 Å². The number of nitrogens with zero attached hydrogens (tertiary/aromatic N) is 3. The fourth-order valence-corrected chi connectivity index (χ4v) is 5.22. The smallest absolute Gasteiger partial charge is 0.175 e. The third-order valence-electron chi connectivity index (χ3n) is 6.21. The van der Waals surface area contributed by atoms with E-state index in [0.717, 1.165) is 53.2 Å². The minimum absolute atomic E-state index is 0.292. The van der Waals surface area contributed by atoms with Crippen LogP contribution >= 0.6 is 11.6 Å². The Kier molecular flexibility index (Phi) is 6.25. The van der Waals surface area contributed by atoms with E-state index in [-0.39, 0.29) is 0 Å². The molecule has 8 heteroatoms. The highest BCUT2D eigenvalue weighted by atomic mass is 35.5. The summed E-state index contributed by atoms with van der Waals surface area (Å²) in [6.07, 6.45) is 5.97. The molecule has 0 spiro atoms. The monoisotopic (exact) mass is 492 g/mol. The summed E-state index contributed by atoms with van der Waals surface area (Å²) in [5.74, 6) is 1.05. The molecule has 0 bridgehead atoms. The number of rotatable bonds is 6. The van der Waals surface area contributed by atoms with Crippen molar-refractivity contribution in [3.8, 4) is 0 Å². The zero-order valence-corrected chi connectivity index (χ0v) is 20.4. The highest BCUT2D eigenvalue weighted by Crippen LogP contribution is 2.33. The maximum atomic E-state index is 11.7. The van der Waals surface area contributed by atoms with E-state index >= 15 is 0 Å². The van der Waals surface area contributed by atoms with E-state index in [2.05, 4.69) is 27.3 Å². The van der Waals surface area contributed by atoms with Crippen molar-refractivity contribution in [3.63, 3.8) is 0 Å². The van der Waals surface area contributed by atoms with Gasteiger partial charge in [0.1, 0.15) is 5.82 Å². The zero-order chi connectivity index (χ0) is 23.7. The molecule has 4 aromatic rings. The van der Waals surface area contributed by atoms with Crippen molar-refractivity contribution in [3.05, 3.63) is 89.3 Å². The summed E-state index contributed by atoms with van der Waals surface area (Å²) in [5.41, 5.74) is 3.13. The highest BCUT2D eigenvalue weighted by molar-refractivity contribution is 7.90. The molecule has 34 heavy (non-hydrogen) atoms. The molecule has 2 aromatic heterocycles.